The first-order chi connectivity index (χ1) is 18.2. The monoisotopic (exact) mass is 551 g/mol. The van der Waals surface area contributed by atoms with Crippen LogP contribution in [0.15, 0.2) is 119 Å². The molecule has 0 heterocycles. The summed E-state index contributed by atoms with van der Waals surface area (Å²) in [4.78, 5) is 13.0. The summed E-state index contributed by atoms with van der Waals surface area (Å²) in [6.07, 6.45) is 0. The van der Waals surface area contributed by atoms with Gasteiger partial charge in [0.25, 0.3) is 20.0 Å². The highest BCUT2D eigenvalue weighted by atomic mass is 32.2. The molecule has 4 aromatic rings. The summed E-state index contributed by atoms with van der Waals surface area (Å²) in [5, 5.41) is 2.63. The van der Waals surface area contributed by atoms with Crippen LogP contribution < -0.4 is 19.1 Å². The first-order valence-corrected chi connectivity index (χ1v) is 14.3. The zero-order chi connectivity index (χ0) is 27.2. The molecule has 0 bridgehead atoms. The summed E-state index contributed by atoms with van der Waals surface area (Å²) in [5.74, 6) is -0.0783. The van der Waals surface area contributed by atoms with Crippen molar-refractivity contribution in [1.82, 2.24) is 0 Å². The minimum atomic E-state index is -4.07. The minimum absolute atomic E-state index is 0.00543. The summed E-state index contributed by atoms with van der Waals surface area (Å²) in [5.41, 5.74) is 1.00. The van der Waals surface area contributed by atoms with Gasteiger partial charge in [-0.25, -0.2) is 16.8 Å². The highest BCUT2D eigenvalue weighted by Gasteiger charge is 2.27. The van der Waals surface area contributed by atoms with E-state index in [-0.39, 0.29) is 15.5 Å². The van der Waals surface area contributed by atoms with Gasteiger partial charge in [0, 0.05) is 11.4 Å². The molecule has 0 aliphatic carbocycles. The van der Waals surface area contributed by atoms with Crippen LogP contribution in [-0.2, 0) is 24.8 Å². The molecule has 9 nitrogen and oxygen atoms in total. The largest absolute Gasteiger partial charge is 0.497 e. The molecule has 4 aromatic carbocycles. The maximum absolute atomic E-state index is 13.4. The number of nitrogens with zero attached hydrogens (tertiary/aromatic N) is 1. The fraction of sp³-hybridized carbons (Fsp3) is 0.0741. The van der Waals surface area contributed by atoms with Crippen LogP contribution in [0, 0.1) is 0 Å². The van der Waals surface area contributed by atoms with Crippen LogP contribution in [-0.4, -0.2) is 36.4 Å². The van der Waals surface area contributed by atoms with Gasteiger partial charge in [0.05, 0.1) is 22.6 Å². The number of carbonyl (C=O) groups excluding carboxylic acids is 1. The lowest BCUT2D eigenvalue weighted by molar-refractivity contribution is -0.114. The Bertz CT molecular complexity index is 1590. The second-order valence-electron chi connectivity index (χ2n) is 8.07. The fourth-order valence-electron chi connectivity index (χ4n) is 3.55. The quantitative estimate of drug-likeness (QED) is 0.303. The van der Waals surface area contributed by atoms with Crippen molar-refractivity contribution in [2.45, 2.75) is 9.79 Å². The lowest BCUT2D eigenvalue weighted by Crippen LogP contribution is -2.38. The van der Waals surface area contributed by atoms with Crippen molar-refractivity contribution in [3.8, 4) is 5.75 Å². The van der Waals surface area contributed by atoms with Gasteiger partial charge < -0.3 is 10.1 Å². The molecule has 0 spiro atoms. The van der Waals surface area contributed by atoms with E-state index < -0.39 is 32.5 Å². The first-order valence-electron chi connectivity index (χ1n) is 11.4. The number of para-hydroxylation sites is 1. The third-order valence-electron chi connectivity index (χ3n) is 5.45. The number of carbonyl (C=O) groups is 1. The van der Waals surface area contributed by atoms with E-state index in [2.05, 4.69) is 10.0 Å². The Hall–Kier alpha value is -4.35. The van der Waals surface area contributed by atoms with Crippen molar-refractivity contribution in [1.29, 1.82) is 0 Å². The van der Waals surface area contributed by atoms with Crippen molar-refractivity contribution in [3.05, 3.63) is 109 Å². The van der Waals surface area contributed by atoms with Gasteiger partial charge in [0.2, 0.25) is 5.91 Å². The number of nitrogens with one attached hydrogen (secondary N) is 2. The molecule has 4 rings (SSSR count). The SMILES string of the molecule is COc1ccc(N(CC(=O)Nc2ccc(S(=O)(=O)Nc3ccccc3)cc2)S(=O)(=O)c2ccccc2)cc1. The summed E-state index contributed by atoms with van der Waals surface area (Å²) in [7, 11) is -6.41. The highest BCUT2D eigenvalue weighted by Crippen LogP contribution is 2.26. The molecular weight excluding hydrogens is 526 g/mol. The lowest BCUT2D eigenvalue weighted by atomic mass is 10.3. The molecule has 38 heavy (non-hydrogen) atoms. The van der Waals surface area contributed by atoms with Crippen molar-refractivity contribution in [3.63, 3.8) is 0 Å². The Labute approximate surface area is 221 Å². The number of anilines is 3. The number of hydrogen-bond acceptors (Lipinski definition) is 6. The van der Waals surface area contributed by atoms with Gasteiger partial charge in [-0.05, 0) is 72.8 Å². The molecule has 0 aliphatic rings. The number of benzene rings is 4. The van der Waals surface area contributed by atoms with Crippen molar-refractivity contribution >= 4 is 43.0 Å². The topological polar surface area (TPSA) is 122 Å². The zero-order valence-electron chi connectivity index (χ0n) is 20.3. The Morgan fingerprint density at radius 2 is 1.29 bits per heavy atom. The molecule has 1 amide bonds. The zero-order valence-corrected chi connectivity index (χ0v) is 21.9. The van der Waals surface area contributed by atoms with Crippen LogP contribution in [0.5, 0.6) is 5.75 Å². The Kier molecular flexibility index (Phi) is 7.99. The molecule has 2 N–H and O–H groups in total. The van der Waals surface area contributed by atoms with E-state index in [1.807, 2.05) is 0 Å². The molecule has 0 aromatic heterocycles. The van der Waals surface area contributed by atoms with Gasteiger partial charge in [-0.15, -0.1) is 0 Å². The summed E-state index contributed by atoms with van der Waals surface area (Å²) >= 11 is 0. The standard InChI is InChI=1S/C27H25N3O6S2/c1-36-24-16-14-23(15-17-24)30(38(34,35)26-10-6-3-7-11-26)20-27(31)28-21-12-18-25(19-13-21)37(32,33)29-22-8-4-2-5-9-22/h2-19,29H,20H2,1H3,(H,28,31). The van der Waals surface area contributed by atoms with Crippen LogP contribution in [0.25, 0.3) is 0 Å². The van der Waals surface area contributed by atoms with Crippen molar-refractivity contribution < 1.29 is 26.4 Å². The Morgan fingerprint density at radius 1 is 0.711 bits per heavy atom. The average molecular weight is 552 g/mol. The van der Waals surface area contributed by atoms with Crippen LogP contribution in [0.4, 0.5) is 17.1 Å². The molecule has 0 aliphatic heterocycles. The van der Waals surface area contributed by atoms with Crippen LogP contribution >= 0.6 is 0 Å². The number of methoxy groups -OCH3 is 1. The number of rotatable bonds is 10. The second-order valence-corrected chi connectivity index (χ2v) is 11.6. The first kappa shape index (κ1) is 26.7. The van der Waals surface area contributed by atoms with Gasteiger partial charge in [0.1, 0.15) is 12.3 Å². The van der Waals surface area contributed by atoms with Gasteiger partial charge in [0.15, 0.2) is 0 Å². The number of ether oxygens (including phenoxy) is 1. The molecule has 0 atom stereocenters. The van der Waals surface area contributed by atoms with Gasteiger partial charge in [-0.2, -0.15) is 0 Å². The second kappa shape index (κ2) is 11.4. The van der Waals surface area contributed by atoms with Crippen molar-refractivity contribution in [2.75, 3.05) is 28.0 Å². The Balaban J connectivity index is 1.53. The third-order valence-corrected chi connectivity index (χ3v) is 8.64. The number of amides is 1. The van der Waals surface area contributed by atoms with E-state index in [9.17, 15) is 21.6 Å². The molecule has 196 valence electrons. The predicted molar refractivity (Wildman–Crippen MR) is 146 cm³/mol. The fourth-order valence-corrected chi connectivity index (χ4v) is 6.05. The maximum Gasteiger partial charge on any atom is 0.264 e. The summed E-state index contributed by atoms with van der Waals surface area (Å²) < 4.78 is 60.8. The maximum atomic E-state index is 13.4. The highest BCUT2D eigenvalue weighted by molar-refractivity contribution is 7.93. The van der Waals surface area contributed by atoms with E-state index in [0.29, 0.717) is 17.1 Å². The van der Waals surface area contributed by atoms with E-state index in [1.54, 1.807) is 72.8 Å². The molecule has 0 saturated heterocycles. The van der Waals surface area contributed by atoms with Gasteiger partial charge >= 0.3 is 0 Å². The summed E-state index contributed by atoms with van der Waals surface area (Å²) in [6, 6.07) is 28.1. The van der Waals surface area contributed by atoms with E-state index in [1.165, 1.54) is 43.5 Å². The van der Waals surface area contributed by atoms with E-state index in [4.69, 9.17) is 4.74 Å². The summed E-state index contributed by atoms with van der Waals surface area (Å²) in [6.45, 7) is -0.515. The number of sulfonamides is 2. The normalized spacial score (nSPS) is 11.4. The predicted octanol–water partition coefficient (Wildman–Crippen LogP) is 4.33. The molecular formula is C27H25N3O6S2. The van der Waals surface area contributed by atoms with Crippen LogP contribution in [0.3, 0.4) is 0 Å². The Morgan fingerprint density at radius 3 is 1.87 bits per heavy atom. The van der Waals surface area contributed by atoms with Crippen molar-refractivity contribution in [2.24, 2.45) is 0 Å². The number of hydrogen-bond donors (Lipinski definition) is 2. The smallest absolute Gasteiger partial charge is 0.264 e. The van der Waals surface area contributed by atoms with E-state index in [0.717, 1.165) is 4.31 Å². The van der Waals surface area contributed by atoms with Crippen LogP contribution in [0.2, 0.25) is 0 Å². The van der Waals surface area contributed by atoms with Gasteiger partial charge in [-0.1, -0.05) is 36.4 Å². The lowest BCUT2D eigenvalue weighted by Gasteiger charge is -2.24. The molecule has 0 fully saturated rings. The molecule has 0 saturated carbocycles. The molecule has 11 heteroatoms. The molecule has 0 radical (unpaired) electrons. The third kappa shape index (κ3) is 6.31. The molecule has 0 unspecified atom stereocenters. The minimum Gasteiger partial charge on any atom is -0.497 e. The average Bonchev–Trinajstić information content (AvgIpc) is 2.93. The van der Waals surface area contributed by atoms with Crippen LogP contribution in [0.1, 0.15) is 0 Å². The van der Waals surface area contributed by atoms with E-state index >= 15 is 0 Å². The van der Waals surface area contributed by atoms with Gasteiger partial charge in [-0.3, -0.25) is 13.8 Å².